The van der Waals surface area contributed by atoms with E-state index in [4.69, 9.17) is 4.74 Å². The highest BCUT2D eigenvalue weighted by Gasteiger charge is 2.20. The number of hydrogen-bond acceptors (Lipinski definition) is 4. The Morgan fingerprint density at radius 1 is 1.29 bits per heavy atom. The topological polar surface area (TPSA) is 77.2 Å². The van der Waals surface area contributed by atoms with Gasteiger partial charge in [-0.25, -0.2) is 14.5 Å². The highest BCUT2D eigenvalue weighted by atomic mass is 16.5. The lowest BCUT2D eigenvalue weighted by Gasteiger charge is -2.18. The minimum atomic E-state index is -0.924. The van der Waals surface area contributed by atoms with Crippen LogP contribution in [0.2, 0.25) is 0 Å². The van der Waals surface area contributed by atoms with Crippen LogP contribution in [-0.4, -0.2) is 31.9 Å². The van der Waals surface area contributed by atoms with Gasteiger partial charge in [-0.05, 0) is 62.8 Å². The predicted molar refractivity (Wildman–Crippen MR) is 89.2 cm³/mol. The normalized spacial score (nSPS) is 15.6. The number of carbonyl (C=O) groups is 1. The fraction of sp³-hybridized carbons (Fsp3) is 0.389. The molecular weight excluding hydrogens is 306 g/mol. The Morgan fingerprint density at radius 2 is 2.12 bits per heavy atom. The second kappa shape index (κ2) is 7.77. The fourth-order valence-electron chi connectivity index (χ4n) is 2.86. The average Bonchev–Trinajstić information content (AvgIpc) is 3.14. The number of benzene rings is 1. The van der Waals surface area contributed by atoms with E-state index in [1.54, 1.807) is 23.1 Å². The third-order valence-corrected chi connectivity index (χ3v) is 4.19. The maximum atomic E-state index is 11.5. The van der Waals surface area contributed by atoms with Crippen molar-refractivity contribution >= 4 is 5.97 Å². The molecule has 0 saturated carbocycles. The number of carboxylic acids is 1. The summed E-state index contributed by atoms with van der Waals surface area (Å²) in [7, 11) is 0. The Bertz CT molecular complexity index is 693. The summed E-state index contributed by atoms with van der Waals surface area (Å²) in [6.45, 7) is 0. The summed E-state index contributed by atoms with van der Waals surface area (Å²) in [4.78, 5) is 15.4. The Morgan fingerprint density at radius 3 is 2.75 bits per heavy atom. The van der Waals surface area contributed by atoms with Crippen molar-refractivity contribution in [2.45, 2.75) is 44.6 Å². The minimum absolute atomic E-state index is 0.492. The molecule has 1 heterocycles. The first-order valence-corrected chi connectivity index (χ1v) is 8.25. The molecule has 1 unspecified atom stereocenters. The summed E-state index contributed by atoms with van der Waals surface area (Å²) in [5.41, 5.74) is 2.21. The van der Waals surface area contributed by atoms with Gasteiger partial charge in [-0.15, -0.1) is 0 Å². The predicted octanol–water partition coefficient (Wildman–Crippen LogP) is 3.38. The lowest BCUT2D eigenvalue weighted by atomic mass is 9.95. The first kappa shape index (κ1) is 16.2. The molecule has 1 aromatic carbocycles. The van der Waals surface area contributed by atoms with Crippen LogP contribution in [0.5, 0.6) is 5.75 Å². The zero-order valence-corrected chi connectivity index (χ0v) is 13.5. The van der Waals surface area contributed by atoms with Crippen molar-refractivity contribution in [2.75, 3.05) is 0 Å². The number of nitrogens with zero attached hydrogens (tertiary/aromatic N) is 3. The van der Waals surface area contributed by atoms with E-state index in [1.165, 1.54) is 24.7 Å². The molecule has 0 bridgehead atoms. The number of ether oxygens (including phenoxy) is 1. The van der Waals surface area contributed by atoms with Crippen LogP contribution in [0.1, 0.15) is 38.5 Å². The molecule has 6 heteroatoms. The van der Waals surface area contributed by atoms with Crippen LogP contribution in [0.25, 0.3) is 5.69 Å². The highest BCUT2D eigenvalue weighted by molar-refractivity contribution is 5.72. The van der Waals surface area contributed by atoms with Crippen molar-refractivity contribution in [2.24, 2.45) is 0 Å². The maximum Gasteiger partial charge on any atom is 0.344 e. The summed E-state index contributed by atoms with van der Waals surface area (Å²) in [5.74, 6) is -0.379. The molecular formula is C18H21N3O3. The molecule has 1 aliphatic carbocycles. The molecule has 1 aliphatic rings. The Labute approximate surface area is 140 Å². The standard InChI is InChI=1S/C18H21N3O3/c22-18(23)17(11-6-14-4-2-1-3-5-14)24-16-9-7-15(8-10-16)21-13-19-12-20-21/h4,7-10,12-13,17H,1-3,5-6,11H2,(H,22,23). The van der Waals surface area contributed by atoms with Gasteiger partial charge >= 0.3 is 5.97 Å². The molecule has 1 N–H and O–H groups in total. The number of hydrogen-bond donors (Lipinski definition) is 1. The van der Waals surface area contributed by atoms with Crippen LogP contribution in [0.15, 0.2) is 48.6 Å². The van der Waals surface area contributed by atoms with Gasteiger partial charge in [0.1, 0.15) is 18.4 Å². The van der Waals surface area contributed by atoms with Crippen molar-refractivity contribution < 1.29 is 14.6 Å². The van der Waals surface area contributed by atoms with Gasteiger partial charge in [-0.1, -0.05) is 11.6 Å². The van der Waals surface area contributed by atoms with E-state index in [-0.39, 0.29) is 0 Å². The quantitative estimate of drug-likeness (QED) is 0.789. The van der Waals surface area contributed by atoms with Crippen molar-refractivity contribution in [1.82, 2.24) is 14.8 Å². The molecule has 6 nitrogen and oxygen atoms in total. The van der Waals surface area contributed by atoms with E-state index in [9.17, 15) is 9.90 Å². The average molecular weight is 327 g/mol. The fourth-order valence-corrected chi connectivity index (χ4v) is 2.86. The first-order valence-electron chi connectivity index (χ1n) is 8.25. The monoisotopic (exact) mass is 327 g/mol. The Hall–Kier alpha value is -2.63. The van der Waals surface area contributed by atoms with E-state index >= 15 is 0 Å². The van der Waals surface area contributed by atoms with Gasteiger partial charge in [0.05, 0.1) is 5.69 Å². The molecule has 0 fully saturated rings. The molecule has 24 heavy (non-hydrogen) atoms. The molecule has 0 radical (unpaired) electrons. The molecule has 3 rings (SSSR count). The van der Waals surface area contributed by atoms with E-state index in [1.807, 2.05) is 12.1 Å². The SMILES string of the molecule is O=C(O)C(CCC1=CCCCC1)Oc1ccc(-n2cncn2)cc1. The summed E-state index contributed by atoms with van der Waals surface area (Å²) in [5, 5.41) is 13.5. The van der Waals surface area contributed by atoms with Crippen LogP contribution >= 0.6 is 0 Å². The second-order valence-electron chi connectivity index (χ2n) is 5.93. The summed E-state index contributed by atoms with van der Waals surface area (Å²) >= 11 is 0. The zero-order valence-electron chi connectivity index (χ0n) is 13.5. The molecule has 0 saturated heterocycles. The highest BCUT2D eigenvalue weighted by Crippen LogP contribution is 2.23. The Kier molecular flexibility index (Phi) is 5.25. The molecule has 1 atom stereocenters. The number of aromatic nitrogens is 3. The van der Waals surface area contributed by atoms with Crippen LogP contribution < -0.4 is 4.74 Å². The smallest absolute Gasteiger partial charge is 0.344 e. The van der Waals surface area contributed by atoms with Gasteiger partial charge in [0.15, 0.2) is 6.10 Å². The number of carboxylic acid groups (broad SMARTS) is 1. The van der Waals surface area contributed by atoms with Gasteiger partial charge in [0.25, 0.3) is 0 Å². The molecule has 0 aliphatic heterocycles. The van der Waals surface area contributed by atoms with Gasteiger partial charge in [-0.2, -0.15) is 5.10 Å². The zero-order chi connectivity index (χ0) is 16.8. The van der Waals surface area contributed by atoms with E-state index < -0.39 is 12.1 Å². The summed E-state index contributed by atoms with van der Waals surface area (Å²) < 4.78 is 7.30. The van der Waals surface area contributed by atoms with Gasteiger partial charge < -0.3 is 9.84 Å². The van der Waals surface area contributed by atoms with Crippen LogP contribution in [-0.2, 0) is 4.79 Å². The second-order valence-corrected chi connectivity index (χ2v) is 5.93. The largest absolute Gasteiger partial charge is 0.479 e. The van der Waals surface area contributed by atoms with Crippen molar-refractivity contribution in [3.8, 4) is 11.4 Å². The number of rotatable bonds is 7. The lowest BCUT2D eigenvalue weighted by molar-refractivity contribution is -0.145. The molecule has 126 valence electrons. The third-order valence-electron chi connectivity index (χ3n) is 4.19. The van der Waals surface area contributed by atoms with E-state index in [0.717, 1.165) is 24.9 Å². The van der Waals surface area contributed by atoms with Gasteiger partial charge in [-0.3, -0.25) is 0 Å². The van der Waals surface area contributed by atoms with Gasteiger partial charge in [0, 0.05) is 0 Å². The summed E-state index contributed by atoms with van der Waals surface area (Å²) in [6, 6.07) is 7.17. The van der Waals surface area contributed by atoms with Crippen LogP contribution in [0.4, 0.5) is 0 Å². The van der Waals surface area contributed by atoms with E-state index in [0.29, 0.717) is 12.2 Å². The summed E-state index contributed by atoms with van der Waals surface area (Å²) in [6.07, 6.45) is 10.4. The van der Waals surface area contributed by atoms with Gasteiger partial charge in [0.2, 0.25) is 0 Å². The number of allylic oxidation sites excluding steroid dienone is 2. The molecule has 2 aromatic rings. The van der Waals surface area contributed by atoms with Crippen LogP contribution in [0.3, 0.4) is 0 Å². The molecule has 1 aromatic heterocycles. The van der Waals surface area contributed by atoms with Crippen LogP contribution in [0, 0.1) is 0 Å². The maximum absolute atomic E-state index is 11.5. The van der Waals surface area contributed by atoms with Crippen molar-refractivity contribution in [1.29, 1.82) is 0 Å². The van der Waals surface area contributed by atoms with Crippen molar-refractivity contribution in [3.63, 3.8) is 0 Å². The first-order chi connectivity index (χ1) is 11.7. The molecule has 0 amide bonds. The third kappa shape index (κ3) is 4.22. The van der Waals surface area contributed by atoms with E-state index in [2.05, 4.69) is 16.2 Å². The lowest BCUT2D eigenvalue weighted by Crippen LogP contribution is -2.27. The molecule has 0 spiro atoms. The Balaban J connectivity index is 1.60. The minimum Gasteiger partial charge on any atom is -0.479 e. The van der Waals surface area contributed by atoms with Crippen molar-refractivity contribution in [3.05, 3.63) is 48.6 Å². The number of aliphatic carboxylic acids is 1.